The normalized spacial score (nSPS) is 13.5. The maximum atomic E-state index is 13.1. The minimum atomic E-state index is -0.203. The number of fused-ring (bicyclic) bond motifs is 1. The van der Waals surface area contributed by atoms with Crippen molar-refractivity contribution in [3.8, 4) is 0 Å². The zero-order valence-corrected chi connectivity index (χ0v) is 18.8. The number of thioether (sulfide) groups is 1. The summed E-state index contributed by atoms with van der Waals surface area (Å²) < 4.78 is 11.9. The highest BCUT2D eigenvalue weighted by Gasteiger charge is 2.26. The molecule has 0 bridgehead atoms. The van der Waals surface area contributed by atoms with Crippen molar-refractivity contribution in [1.29, 1.82) is 0 Å². The van der Waals surface area contributed by atoms with Crippen molar-refractivity contribution < 1.29 is 14.3 Å². The zero-order valence-electron chi connectivity index (χ0n) is 16.3. The van der Waals surface area contributed by atoms with Gasteiger partial charge in [-0.05, 0) is 37.5 Å². The SMILES string of the molecule is CCN(CC)CCN(C(=O)C1=COCCO1)c1nc2ccc(SC)cc2s1.Cl. The highest BCUT2D eigenvalue weighted by atomic mass is 35.5. The van der Waals surface area contributed by atoms with Crippen LogP contribution in [0, 0.1) is 0 Å². The van der Waals surface area contributed by atoms with Crippen LogP contribution in [0.3, 0.4) is 0 Å². The number of nitrogens with zero attached hydrogens (tertiary/aromatic N) is 3. The number of likely N-dealkylation sites (N-methyl/N-ethyl adjacent to an activating group) is 1. The number of amides is 1. The molecule has 1 amide bonds. The lowest BCUT2D eigenvalue weighted by atomic mass is 10.3. The molecule has 0 saturated heterocycles. The van der Waals surface area contributed by atoms with Crippen LogP contribution < -0.4 is 4.90 Å². The summed E-state index contributed by atoms with van der Waals surface area (Å²) in [6, 6.07) is 6.18. The summed E-state index contributed by atoms with van der Waals surface area (Å²) >= 11 is 3.23. The van der Waals surface area contributed by atoms with Crippen LogP contribution in [0.1, 0.15) is 13.8 Å². The molecule has 0 unspecified atom stereocenters. The van der Waals surface area contributed by atoms with Crippen molar-refractivity contribution in [2.45, 2.75) is 18.7 Å². The largest absolute Gasteiger partial charge is 0.494 e. The van der Waals surface area contributed by atoms with Gasteiger partial charge in [-0.15, -0.1) is 24.2 Å². The van der Waals surface area contributed by atoms with E-state index in [4.69, 9.17) is 14.5 Å². The van der Waals surface area contributed by atoms with E-state index in [1.807, 2.05) is 6.07 Å². The summed E-state index contributed by atoms with van der Waals surface area (Å²) in [6.07, 6.45) is 3.46. The van der Waals surface area contributed by atoms with Gasteiger partial charge in [-0.2, -0.15) is 0 Å². The van der Waals surface area contributed by atoms with Crippen molar-refractivity contribution in [1.82, 2.24) is 9.88 Å². The number of carbonyl (C=O) groups excluding carboxylic acids is 1. The number of anilines is 1. The van der Waals surface area contributed by atoms with Gasteiger partial charge < -0.3 is 14.4 Å². The summed E-state index contributed by atoms with van der Waals surface area (Å²) in [5.41, 5.74) is 0.906. The Morgan fingerprint density at radius 2 is 2.04 bits per heavy atom. The molecular formula is C19H26ClN3O3S2. The maximum absolute atomic E-state index is 13.1. The second-order valence-corrected chi connectivity index (χ2v) is 7.90. The number of halogens is 1. The van der Waals surface area contributed by atoms with Crippen LogP contribution in [-0.4, -0.2) is 61.4 Å². The number of carbonyl (C=O) groups is 1. The van der Waals surface area contributed by atoms with Crippen LogP contribution in [0.15, 0.2) is 35.1 Å². The van der Waals surface area contributed by atoms with E-state index in [9.17, 15) is 4.79 Å². The lowest BCUT2D eigenvalue weighted by molar-refractivity contribution is -0.119. The van der Waals surface area contributed by atoms with E-state index >= 15 is 0 Å². The smallest absolute Gasteiger partial charge is 0.298 e. The molecule has 0 N–H and O–H groups in total. The van der Waals surface area contributed by atoms with E-state index in [1.165, 1.54) is 22.5 Å². The first-order valence-corrected chi connectivity index (χ1v) is 11.1. The molecule has 0 atom stereocenters. The number of ether oxygens (including phenoxy) is 2. The quantitative estimate of drug-likeness (QED) is 0.575. The fourth-order valence-electron chi connectivity index (χ4n) is 2.81. The lowest BCUT2D eigenvalue weighted by Crippen LogP contribution is -2.40. The first-order valence-electron chi connectivity index (χ1n) is 9.09. The van der Waals surface area contributed by atoms with Gasteiger partial charge in [0.1, 0.15) is 19.5 Å². The third kappa shape index (κ3) is 5.31. The third-order valence-corrected chi connectivity index (χ3v) is 6.22. The number of hydrogen-bond donors (Lipinski definition) is 0. The summed E-state index contributed by atoms with van der Waals surface area (Å²) in [5.74, 6) is 0.0378. The molecule has 9 heteroatoms. The second kappa shape index (κ2) is 10.9. The molecule has 154 valence electrons. The van der Waals surface area contributed by atoms with E-state index in [2.05, 4.69) is 37.1 Å². The van der Waals surface area contributed by atoms with Gasteiger partial charge >= 0.3 is 0 Å². The monoisotopic (exact) mass is 443 g/mol. The van der Waals surface area contributed by atoms with Gasteiger partial charge in [0.2, 0.25) is 5.76 Å². The standard InChI is InChI=1S/C19H25N3O3S2.ClH/c1-4-21(5-2)8-9-22(18(23)16-13-24-10-11-25-16)19-20-15-7-6-14(26-3)12-17(15)27-19;/h6-7,12-13H,4-5,8-11H2,1-3H3;1H. The Bertz CT molecular complexity index is 824. The van der Waals surface area contributed by atoms with Gasteiger partial charge in [0, 0.05) is 18.0 Å². The molecule has 1 aliphatic heterocycles. The Morgan fingerprint density at radius 3 is 2.68 bits per heavy atom. The Balaban J connectivity index is 0.00000280. The number of aromatic nitrogens is 1. The molecule has 6 nitrogen and oxygen atoms in total. The second-order valence-electron chi connectivity index (χ2n) is 6.02. The molecule has 28 heavy (non-hydrogen) atoms. The first-order chi connectivity index (χ1) is 13.2. The molecule has 0 fully saturated rings. The van der Waals surface area contributed by atoms with Crippen LogP contribution in [0.25, 0.3) is 10.2 Å². The van der Waals surface area contributed by atoms with Crippen molar-refractivity contribution in [2.24, 2.45) is 0 Å². The van der Waals surface area contributed by atoms with Crippen molar-refractivity contribution in [3.05, 3.63) is 30.2 Å². The van der Waals surface area contributed by atoms with Gasteiger partial charge in [-0.3, -0.25) is 9.69 Å². The molecule has 0 saturated carbocycles. The predicted molar refractivity (Wildman–Crippen MR) is 119 cm³/mol. The van der Waals surface area contributed by atoms with Gasteiger partial charge in [0.05, 0.1) is 10.2 Å². The van der Waals surface area contributed by atoms with E-state index in [0.29, 0.717) is 24.9 Å². The van der Waals surface area contributed by atoms with E-state index in [1.54, 1.807) is 16.7 Å². The maximum Gasteiger partial charge on any atom is 0.298 e. The molecule has 2 heterocycles. The zero-order chi connectivity index (χ0) is 19.2. The molecule has 2 aromatic rings. The Morgan fingerprint density at radius 1 is 1.25 bits per heavy atom. The van der Waals surface area contributed by atoms with Crippen LogP contribution in [0.4, 0.5) is 5.13 Å². The summed E-state index contributed by atoms with van der Waals surface area (Å²) in [6.45, 7) is 8.31. The molecule has 0 aliphatic carbocycles. The molecule has 1 aliphatic rings. The van der Waals surface area contributed by atoms with Gasteiger partial charge in [0.25, 0.3) is 5.91 Å². The fraction of sp³-hybridized carbons (Fsp3) is 0.474. The van der Waals surface area contributed by atoms with Gasteiger partial charge in [-0.1, -0.05) is 25.2 Å². The van der Waals surface area contributed by atoms with Crippen molar-refractivity contribution in [3.63, 3.8) is 0 Å². The Labute approximate surface area is 180 Å². The first kappa shape index (κ1) is 22.8. The van der Waals surface area contributed by atoms with Crippen molar-refractivity contribution in [2.75, 3.05) is 50.5 Å². The van der Waals surface area contributed by atoms with Gasteiger partial charge in [0.15, 0.2) is 5.13 Å². The average Bonchev–Trinajstić information content (AvgIpc) is 3.14. The topological polar surface area (TPSA) is 54.9 Å². The van der Waals surface area contributed by atoms with Crippen LogP contribution >= 0.6 is 35.5 Å². The highest BCUT2D eigenvalue weighted by molar-refractivity contribution is 7.98. The highest BCUT2D eigenvalue weighted by Crippen LogP contribution is 2.32. The molecular weight excluding hydrogens is 418 g/mol. The lowest BCUT2D eigenvalue weighted by Gasteiger charge is -2.26. The van der Waals surface area contributed by atoms with E-state index < -0.39 is 0 Å². The van der Waals surface area contributed by atoms with Crippen molar-refractivity contribution >= 4 is 56.8 Å². The average molecular weight is 444 g/mol. The number of benzene rings is 1. The Hall–Kier alpha value is -1.48. The van der Waals surface area contributed by atoms with Crippen LogP contribution in [0.2, 0.25) is 0 Å². The Kier molecular flexibility index (Phi) is 8.88. The molecule has 0 spiro atoms. The van der Waals surface area contributed by atoms with E-state index in [0.717, 1.165) is 29.9 Å². The van der Waals surface area contributed by atoms with Crippen LogP contribution in [-0.2, 0) is 14.3 Å². The number of hydrogen-bond acceptors (Lipinski definition) is 7. The fourth-order valence-corrected chi connectivity index (χ4v) is 4.36. The minimum absolute atomic E-state index is 0. The number of rotatable bonds is 8. The predicted octanol–water partition coefficient (Wildman–Crippen LogP) is 4.00. The molecule has 1 aromatic carbocycles. The number of thiazole rings is 1. The van der Waals surface area contributed by atoms with Gasteiger partial charge in [-0.25, -0.2) is 4.98 Å². The minimum Gasteiger partial charge on any atom is -0.494 e. The van der Waals surface area contributed by atoms with E-state index in [-0.39, 0.29) is 24.1 Å². The summed E-state index contributed by atoms with van der Waals surface area (Å²) in [4.78, 5) is 23.0. The summed E-state index contributed by atoms with van der Waals surface area (Å²) in [7, 11) is 0. The van der Waals surface area contributed by atoms with Crippen LogP contribution in [0.5, 0.6) is 0 Å². The molecule has 1 aromatic heterocycles. The third-order valence-electron chi connectivity index (χ3n) is 4.45. The molecule has 3 rings (SSSR count). The summed E-state index contributed by atoms with van der Waals surface area (Å²) in [5, 5.41) is 0.690. The molecule has 0 radical (unpaired) electrons.